The maximum atomic E-state index is 14.0. The van der Waals surface area contributed by atoms with E-state index in [1.54, 1.807) is 0 Å². The molecule has 0 saturated carbocycles. The number of aromatic amines is 1. The van der Waals surface area contributed by atoms with E-state index >= 15 is 0 Å². The molecule has 0 fully saturated rings. The van der Waals surface area contributed by atoms with Gasteiger partial charge in [-0.2, -0.15) is 0 Å². The van der Waals surface area contributed by atoms with Crippen LogP contribution in [0.15, 0.2) is 53.3 Å². The Kier molecular flexibility index (Phi) is 3.42. The molecular weight excluding hydrogens is 290 g/mol. The van der Waals surface area contributed by atoms with Gasteiger partial charge in [-0.3, -0.25) is 9.59 Å². The van der Waals surface area contributed by atoms with E-state index in [2.05, 4.69) is 10.3 Å². The summed E-state index contributed by atoms with van der Waals surface area (Å²) >= 11 is 0. The van der Waals surface area contributed by atoms with Gasteiger partial charge in [0.15, 0.2) is 0 Å². The van der Waals surface area contributed by atoms with Crippen molar-refractivity contribution in [3.8, 4) is 0 Å². The van der Waals surface area contributed by atoms with Gasteiger partial charge in [-0.05, 0) is 42.5 Å². The van der Waals surface area contributed by atoms with Crippen molar-refractivity contribution in [3.63, 3.8) is 0 Å². The molecule has 110 valence electrons. The standard InChI is InChI=1S/C16H10F2N2O2/c17-11-4-1-9(2-5-11)16(22)19-12-7-10-3-6-14(21)20-15(10)13(18)8-12/h1-8H,(H,19,22)(H,20,21). The average Bonchev–Trinajstić information content (AvgIpc) is 2.49. The van der Waals surface area contributed by atoms with Crippen LogP contribution in [0.25, 0.3) is 10.9 Å². The lowest BCUT2D eigenvalue weighted by molar-refractivity contribution is 0.102. The lowest BCUT2D eigenvalue weighted by Gasteiger charge is -2.07. The van der Waals surface area contributed by atoms with Crippen molar-refractivity contribution < 1.29 is 13.6 Å². The zero-order valence-electron chi connectivity index (χ0n) is 11.2. The third-order valence-electron chi connectivity index (χ3n) is 3.15. The summed E-state index contributed by atoms with van der Waals surface area (Å²) in [4.78, 5) is 25.6. The molecule has 0 atom stereocenters. The third kappa shape index (κ3) is 2.71. The molecule has 6 heteroatoms. The molecular formula is C16H10F2N2O2. The largest absolute Gasteiger partial charge is 0.322 e. The number of benzene rings is 2. The maximum absolute atomic E-state index is 14.0. The van der Waals surface area contributed by atoms with Crippen molar-refractivity contribution in [2.24, 2.45) is 0 Å². The fraction of sp³-hybridized carbons (Fsp3) is 0. The molecule has 0 aliphatic rings. The van der Waals surface area contributed by atoms with Crippen molar-refractivity contribution >= 4 is 22.5 Å². The van der Waals surface area contributed by atoms with Crippen LogP contribution in [0.4, 0.5) is 14.5 Å². The fourth-order valence-electron chi connectivity index (χ4n) is 2.10. The van der Waals surface area contributed by atoms with Gasteiger partial charge < -0.3 is 10.3 Å². The van der Waals surface area contributed by atoms with Gasteiger partial charge in [0, 0.05) is 22.7 Å². The molecule has 22 heavy (non-hydrogen) atoms. The zero-order valence-corrected chi connectivity index (χ0v) is 11.2. The SMILES string of the molecule is O=C(Nc1cc(F)c2[nH]c(=O)ccc2c1)c1ccc(F)cc1. The molecule has 2 aromatic carbocycles. The highest BCUT2D eigenvalue weighted by atomic mass is 19.1. The number of hydrogen-bond donors (Lipinski definition) is 2. The van der Waals surface area contributed by atoms with E-state index < -0.39 is 23.1 Å². The highest BCUT2D eigenvalue weighted by molar-refractivity contribution is 6.05. The number of nitrogens with one attached hydrogen (secondary N) is 2. The summed E-state index contributed by atoms with van der Waals surface area (Å²) in [6.45, 7) is 0. The van der Waals surface area contributed by atoms with E-state index in [0.717, 1.165) is 6.07 Å². The Morgan fingerprint density at radius 1 is 1.00 bits per heavy atom. The second-order valence-electron chi connectivity index (χ2n) is 4.71. The second-order valence-corrected chi connectivity index (χ2v) is 4.71. The molecule has 0 aliphatic carbocycles. The van der Waals surface area contributed by atoms with Crippen LogP contribution in [0.2, 0.25) is 0 Å². The van der Waals surface area contributed by atoms with Gasteiger partial charge in [0.1, 0.15) is 11.6 Å². The van der Waals surface area contributed by atoms with Crippen molar-refractivity contribution in [2.75, 3.05) is 5.32 Å². The van der Waals surface area contributed by atoms with Gasteiger partial charge in [0.25, 0.3) is 5.91 Å². The van der Waals surface area contributed by atoms with E-state index in [1.807, 2.05) is 0 Å². The number of carbonyl (C=O) groups is 1. The number of pyridine rings is 1. The third-order valence-corrected chi connectivity index (χ3v) is 3.15. The van der Waals surface area contributed by atoms with Crippen molar-refractivity contribution in [2.45, 2.75) is 0 Å². The number of aromatic nitrogens is 1. The highest BCUT2D eigenvalue weighted by Crippen LogP contribution is 2.20. The molecule has 0 saturated heterocycles. The Labute approximate surface area is 123 Å². The van der Waals surface area contributed by atoms with E-state index in [0.29, 0.717) is 5.39 Å². The molecule has 1 aromatic heterocycles. The molecule has 2 N–H and O–H groups in total. The summed E-state index contributed by atoms with van der Waals surface area (Å²) in [6, 6.07) is 10.4. The van der Waals surface area contributed by atoms with E-state index in [1.165, 1.54) is 42.5 Å². The van der Waals surface area contributed by atoms with Crippen molar-refractivity contribution in [3.05, 3.63) is 76.1 Å². The first-order valence-electron chi connectivity index (χ1n) is 6.42. The molecule has 0 bridgehead atoms. The summed E-state index contributed by atoms with van der Waals surface area (Å²) in [5.74, 6) is -1.58. The predicted octanol–water partition coefficient (Wildman–Crippen LogP) is 3.06. The van der Waals surface area contributed by atoms with Crippen LogP contribution in [-0.4, -0.2) is 10.9 Å². The van der Waals surface area contributed by atoms with Crippen LogP contribution >= 0.6 is 0 Å². The predicted molar refractivity (Wildman–Crippen MR) is 78.9 cm³/mol. The summed E-state index contributed by atoms with van der Waals surface area (Å²) in [5, 5.41) is 2.98. The zero-order chi connectivity index (χ0) is 15.7. The number of anilines is 1. The van der Waals surface area contributed by atoms with Crippen molar-refractivity contribution in [1.82, 2.24) is 4.98 Å². The van der Waals surface area contributed by atoms with Crippen LogP contribution in [0.1, 0.15) is 10.4 Å². The number of fused-ring (bicyclic) bond motifs is 1. The minimum atomic E-state index is -0.649. The van der Waals surface area contributed by atoms with Gasteiger partial charge >= 0.3 is 0 Å². The van der Waals surface area contributed by atoms with Gasteiger partial charge in [0.05, 0.1) is 5.52 Å². The molecule has 1 heterocycles. The lowest BCUT2D eigenvalue weighted by atomic mass is 10.1. The number of amides is 1. The quantitative estimate of drug-likeness (QED) is 0.764. The smallest absolute Gasteiger partial charge is 0.255 e. The summed E-state index contributed by atoms with van der Waals surface area (Å²) in [5.41, 5.74) is 0.163. The molecule has 0 spiro atoms. The molecule has 0 radical (unpaired) electrons. The van der Waals surface area contributed by atoms with Gasteiger partial charge in [-0.25, -0.2) is 8.78 Å². The maximum Gasteiger partial charge on any atom is 0.255 e. The molecule has 1 amide bonds. The average molecular weight is 300 g/mol. The van der Waals surface area contributed by atoms with E-state index in [-0.39, 0.29) is 16.8 Å². The minimum absolute atomic E-state index is 0.0762. The minimum Gasteiger partial charge on any atom is -0.322 e. The second kappa shape index (κ2) is 5.40. The number of H-pyrrole nitrogens is 1. The number of halogens is 2. The Bertz CT molecular complexity index is 918. The van der Waals surface area contributed by atoms with Gasteiger partial charge in [0.2, 0.25) is 5.56 Å². The van der Waals surface area contributed by atoms with Crippen LogP contribution in [0.3, 0.4) is 0 Å². The Morgan fingerprint density at radius 2 is 1.73 bits per heavy atom. The first-order valence-corrected chi connectivity index (χ1v) is 6.42. The molecule has 3 aromatic rings. The Morgan fingerprint density at radius 3 is 2.45 bits per heavy atom. The monoisotopic (exact) mass is 300 g/mol. The number of rotatable bonds is 2. The topological polar surface area (TPSA) is 62.0 Å². The molecule has 0 unspecified atom stereocenters. The number of hydrogen-bond acceptors (Lipinski definition) is 2. The Balaban J connectivity index is 1.94. The first-order chi connectivity index (χ1) is 10.5. The highest BCUT2D eigenvalue weighted by Gasteiger charge is 2.09. The summed E-state index contributed by atoms with van der Waals surface area (Å²) < 4.78 is 26.8. The van der Waals surface area contributed by atoms with Gasteiger partial charge in [-0.1, -0.05) is 0 Å². The molecule has 4 nitrogen and oxygen atoms in total. The molecule has 3 rings (SSSR count). The lowest BCUT2D eigenvalue weighted by Crippen LogP contribution is -2.12. The van der Waals surface area contributed by atoms with Crippen LogP contribution in [0.5, 0.6) is 0 Å². The summed E-state index contributed by atoms with van der Waals surface area (Å²) in [7, 11) is 0. The Hall–Kier alpha value is -3.02. The summed E-state index contributed by atoms with van der Waals surface area (Å²) in [6.07, 6.45) is 0. The van der Waals surface area contributed by atoms with Crippen molar-refractivity contribution in [1.29, 1.82) is 0 Å². The van der Waals surface area contributed by atoms with Crippen LogP contribution in [0, 0.1) is 11.6 Å². The fourth-order valence-corrected chi connectivity index (χ4v) is 2.10. The normalized spacial score (nSPS) is 10.6. The van der Waals surface area contributed by atoms with E-state index in [9.17, 15) is 18.4 Å². The first kappa shape index (κ1) is 13.9. The van der Waals surface area contributed by atoms with Crippen LogP contribution < -0.4 is 10.9 Å². The van der Waals surface area contributed by atoms with Crippen LogP contribution in [-0.2, 0) is 0 Å². The number of carbonyl (C=O) groups excluding carboxylic acids is 1. The van der Waals surface area contributed by atoms with Gasteiger partial charge in [-0.15, -0.1) is 0 Å². The van der Waals surface area contributed by atoms with E-state index in [4.69, 9.17) is 0 Å². The molecule has 0 aliphatic heterocycles.